The Bertz CT molecular complexity index is 505. The topological polar surface area (TPSA) is 99.8 Å². The number of nitrogens with two attached hydrogens (primary N) is 2. The van der Waals surface area contributed by atoms with E-state index >= 15 is 0 Å². The van der Waals surface area contributed by atoms with Crippen LogP contribution in [0.3, 0.4) is 0 Å². The minimum Gasteiger partial charge on any atom is -0.396 e. The standard InChI is InChI=1S/C9H9N5O/c10-6-2-1-4-12-9(6)14-5-3-7(13-14)8(11)15/h1-5H,10H2,(H2,11,15). The summed E-state index contributed by atoms with van der Waals surface area (Å²) in [6.07, 6.45) is 3.18. The first-order chi connectivity index (χ1) is 7.18. The quantitative estimate of drug-likeness (QED) is 0.714. The summed E-state index contributed by atoms with van der Waals surface area (Å²) < 4.78 is 1.41. The number of pyridine rings is 1. The van der Waals surface area contributed by atoms with Crippen molar-refractivity contribution < 1.29 is 4.79 Å². The zero-order valence-electron chi connectivity index (χ0n) is 7.79. The second-order valence-electron chi connectivity index (χ2n) is 2.93. The highest BCUT2D eigenvalue weighted by Crippen LogP contribution is 2.12. The third-order valence-corrected chi connectivity index (χ3v) is 1.88. The van der Waals surface area contributed by atoms with Gasteiger partial charge in [-0.15, -0.1) is 0 Å². The molecule has 6 nitrogen and oxygen atoms in total. The van der Waals surface area contributed by atoms with Crippen LogP contribution in [0, 0.1) is 0 Å². The van der Waals surface area contributed by atoms with Gasteiger partial charge in [-0.25, -0.2) is 9.67 Å². The lowest BCUT2D eigenvalue weighted by atomic mass is 10.4. The van der Waals surface area contributed by atoms with Crippen molar-refractivity contribution in [3.05, 3.63) is 36.3 Å². The van der Waals surface area contributed by atoms with Crippen LogP contribution in [0.5, 0.6) is 0 Å². The summed E-state index contributed by atoms with van der Waals surface area (Å²) in [5, 5.41) is 3.94. The maximum absolute atomic E-state index is 10.8. The third kappa shape index (κ3) is 1.64. The minimum absolute atomic E-state index is 0.181. The van der Waals surface area contributed by atoms with Gasteiger partial charge in [-0.05, 0) is 18.2 Å². The second-order valence-corrected chi connectivity index (χ2v) is 2.93. The fraction of sp³-hybridized carbons (Fsp3) is 0. The summed E-state index contributed by atoms with van der Waals surface area (Å²) in [6.45, 7) is 0. The number of hydrogen-bond donors (Lipinski definition) is 2. The number of anilines is 1. The van der Waals surface area contributed by atoms with E-state index in [0.29, 0.717) is 11.5 Å². The van der Waals surface area contributed by atoms with Crippen molar-refractivity contribution in [3.63, 3.8) is 0 Å². The van der Waals surface area contributed by atoms with E-state index in [4.69, 9.17) is 11.5 Å². The molecule has 0 bridgehead atoms. The zero-order valence-corrected chi connectivity index (χ0v) is 7.79. The molecule has 15 heavy (non-hydrogen) atoms. The lowest BCUT2D eigenvalue weighted by Gasteiger charge is -2.02. The third-order valence-electron chi connectivity index (χ3n) is 1.88. The van der Waals surface area contributed by atoms with Gasteiger partial charge in [-0.2, -0.15) is 5.10 Å². The van der Waals surface area contributed by atoms with E-state index in [2.05, 4.69) is 10.1 Å². The van der Waals surface area contributed by atoms with Crippen molar-refractivity contribution in [1.82, 2.24) is 14.8 Å². The molecule has 0 aromatic carbocycles. The number of nitrogens with zero attached hydrogens (tertiary/aromatic N) is 3. The van der Waals surface area contributed by atoms with Crippen molar-refractivity contribution >= 4 is 11.6 Å². The number of primary amides is 1. The van der Waals surface area contributed by atoms with Gasteiger partial charge >= 0.3 is 0 Å². The van der Waals surface area contributed by atoms with Gasteiger partial charge in [0.1, 0.15) is 5.69 Å². The second kappa shape index (κ2) is 3.41. The van der Waals surface area contributed by atoms with Crippen LogP contribution in [0.2, 0.25) is 0 Å². The lowest BCUT2D eigenvalue weighted by Crippen LogP contribution is -2.12. The summed E-state index contributed by atoms with van der Waals surface area (Å²) in [6, 6.07) is 4.93. The van der Waals surface area contributed by atoms with Crippen LogP contribution in [-0.2, 0) is 0 Å². The minimum atomic E-state index is -0.580. The summed E-state index contributed by atoms with van der Waals surface area (Å²) >= 11 is 0. The smallest absolute Gasteiger partial charge is 0.269 e. The van der Waals surface area contributed by atoms with Crippen LogP contribution in [0.25, 0.3) is 5.82 Å². The first-order valence-electron chi connectivity index (χ1n) is 4.25. The van der Waals surface area contributed by atoms with Crippen LogP contribution < -0.4 is 11.5 Å². The van der Waals surface area contributed by atoms with E-state index in [9.17, 15) is 4.79 Å². The van der Waals surface area contributed by atoms with Crippen LogP contribution in [-0.4, -0.2) is 20.7 Å². The SMILES string of the molecule is NC(=O)c1ccn(-c2ncccc2N)n1. The molecule has 0 aliphatic rings. The Morgan fingerprint density at radius 2 is 2.20 bits per heavy atom. The highest BCUT2D eigenvalue weighted by atomic mass is 16.1. The van der Waals surface area contributed by atoms with E-state index in [1.807, 2.05) is 0 Å². The Morgan fingerprint density at radius 3 is 2.80 bits per heavy atom. The van der Waals surface area contributed by atoms with Gasteiger partial charge in [0.25, 0.3) is 5.91 Å². The van der Waals surface area contributed by atoms with Gasteiger partial charge in [0.2, 0.25) is 0 Å². The fourth-order valence-corrected chi connectivity index (χ4v) is 1.17. The number of hydrogen-bond acceptors (Lipinski definition) is 4. The van der Waals surface area contributed by atoms with Gasteiger partial charge in [-0.1, -0.05) is 0 Å². The predicted octanol–water partition coefficient (Wildman–Crippen LogP) is -0.0516. The molecular formula is C9H9N5O. The van der Waals surface area contributed by atoms with Gasteiger partial charge in [0.05, 0.1) is 5.69 Å². The number of amides is 1. The van der Waals surface area contributed by atoms with Crippen LogP contribution in [0.4, 0.5) is 5.69 Å². The number of rotatable bonds is 2. The van der Waals surface area contributed by atoms with Gasteiger partial charge < -0.3 is 11.5 Å². The Morgan fingerprint density at radius 1 is 1.40 bits per heavy atom. The maximum atomic E-state index is 10.8. The summed E-state index contributed by atoms with van der Waals surface area (Å²) in [4.78, 5) is 14.9. The maximum Gasteiger partial charge on any atom is 0.269 e. The van der Waals surface area contributed by atoms with E-state index in [-0.39, 0.29) is 5.69 Å². The Labute approximate surface area is 85.5 Å². The molecule has 2 aromatic heterocycles. The number of nitrogen functional groups attached to an aromatic ring is 1. The fourth-order valence-electron chi connectivity index (χ4n) is 1.17. The van der Waals surface area contributed by atoms with Crippen molar-refractivity contribution in [2.75, 3.05) is 5.73 Å². The van der Waals surface area contributed by atoms with E-state index in [1.54, 1.807) is 24.5 Å². The molecule has 76 valence electrons. The van der Waals surface area contributed by atoms with Crippen LogP contribution >= 0.6 is 0 Å². The van der Waals surface area contributed by atoms with E-state index < -0.39 is 5.91 Å². The van der Waals surface area contributed by atoms with Crippen LogP contribution in [0.15, 0.2) is 30.6 Å². The molecule has 4 N–H and O–H groups in total. The number of carbonyl (C=O) groups excluding carboxylic acids is 1. The molecule has 0 fully saturated rings. The molecule has 0 radical (unpaired) electrons. The molecular weight excluding hydrogens is 194 g/mol. The molecule has 0 saturated heterocycles. The Hall–Kier alpha value is -2.37. The Balaban J connectivity index is 2.46. The molecule has 0 saturated carbocycles. The number of carbonyl (C=O) groups is 1. The molecule has 0 unspecified atom stereocenters. The van der Waals surface area contributed by atoms with Crippen molar-refractivity contribution in [2.45, 2.75) is 0 Å². The van der Waals surface area contributed by atoms with Crippen LogP contribution in [0.1, 0.15) is 10.5 Å². The van der Waals surface area contributed by atoms with Gasteiger partial charge in [-0.3, -0.25) is 4.79 Å². The summed E-state index contributed by atoms with van der Waals surface area (Å²) in [5.74, 6) is -0.103. The molecule has 6 heteroatoms. The predicted molar refractivity (Wildman–Crippen MR) is 54.3 cm³/mol. The van der Waals surface area contributed by atoms with E-state index in [0.717, 1.165) is 0 Å². The molecule has 0 aliphatic carbocycles. The zero-order chi connectivity index (χ0) is 10.8. The molecule has 0 atom stereocenters. The van der Waals surface area contributed by atoms with Crippen molar-refractivity contribution in [3.8, 4) is 5.82 Å². The summed E-state index contributed by atoms with van der Waals surface area (Å²) in [7, 11) is 0. The Kier molecular flexibility index (Phi) is 2.09. The normalized spacial score (nSPS) is 10.1. The largest absolute Gasteiger partial charge is 0.396 e. The molecule has 2 heterocycles. The highest BCUT2D eigenvalue weighted by molar-refractivity contribution is 5.90. The molecule has 1 amide bonds. The highest BCUT2D eigenvalue weighted by Gasteiger charge is 2.08. The summed E-state index contributed by atoms with van der Waals surface area (Å²) in [5.41, 5.74) is 11.4. The number of aromatic nitrogens is 3. The van der Waals surface area contributed by atoms with E-state index in [1.165, 1.54) is 10.7 Å². The first-order valence-corrected chi connectivity index (χ1v) is 4.25. The molecule has 0 spiro atoms. The monoisotopic (exact) mass is 203 g/mol. The van der Waals surface area contributed by atoms with Gasteiger partial charge in [0.15, 0.2) is 5.82 Å². The van der Waals surface area contributed by atoms with Crippen molar-refractivity contribution in [2.24, 2.45) is 5.73 Å². The average molecular weight is 203 g/mol. The molecule has 2 aromatic rings. The first kappa shape index (κ1) is 9.20. The lowest BCUT2D eigenvalue weighted by molar-refractivity contribution is 0.0995. The average Bonchev–Trinajstić information content (AvgIpc) is 2.67. The molecule has 0 aliphatic heterocycles. The van der Waals surface area contributed by atoms with Crippen molar-refractivity contribution in [1.29, 1.82) is 0 Å². The van der Waals surface area contributed by atoms with Gasteiger partial charge in [0, 0.05) is 12.4 Å². The molecule has 2 rings (SSSR count).